The number of alkyl halides is 15. The van der Waals surface area contributed by atoms with Crippen LogP contribution in [0.5, 0.6) is 28.7 Å². The first-order valence-corrected chi connectivity index (χ1v) is 34.8. The smallest absolute Gasteiger partial charge is 0.471 e. The molecule has 0 aliphatic heterocycles. The minimum atomic E-state index is -5.04. The molecule has 47 heteroatoms. The Morgan fingerprint density at radius 2 is 0.681 bits per heavy atom. The number of carbonyl (C=O) groups is 9. The highest BCUT2D eigenvalue weighted by Gasteiger charge is 2.43. The first-order valence-electron chi connectivity index (χ1n) is 31.3. The summed E-state index contributed by atoms with van der Waals surface area (Å²) in [4.78, 5) is 93.7. The summed E-state index contributed by atoms with van der Waals surface area (Å²) in [6.07, 6.45) is -23.9. The molecule has 0 aliphatic rings. The lowest BCUT2D eigenvalue weighted by atomic mass is 10.1. The number of ketones is 1. The molecule has 15 N–H and O–H groups in total. The first-order chi connectivity index (χ1) is 51.4. The fourth-order valence-corrected chi connectivity index (χ4v) is 8.83. The summed E-state index contributed by atoms with van der Waals surface area (Å²) in [6.45, 7) is 9.34. The highest BCUT2D eigenvalue weighted by Crippen LogP contribution is 2.27. The lowest BCUT2D eigenvalue weighted by Gasteiger charge is -2.16. The third kappa shape index (κ3) is 46.3. The monoisotopic (exact) mass is 1710 g/mol. The van der Waals surface area contributed by atoms with Gasteiger partial charge in [-0.15, -0.1) is 0 Å². The van der Waals surface area contributed by atoms with Crippen LogP contribution in [-0.4, -0.2) is 188 Å². The summed E-state index contributed by atoms with van der Waals surface area (Å²) in [5.74, 6) is -11.3. The number of benzene rings is 5. The lowest BCUT2D eigenvalue weighted by Crippen LogP contribution is -2.45. The molecule has 0 spiro atoms. The van der Waals surface area contributed by atoms with Gasteiger partial charge in [-0.3, -0.25) is 43.2 Å². The number of carboxylic acids is 2. The van der Waals surface area contributed by atoms with Gasteiger partial charge < -0.3 is 71.9 Å². The molecule has 5 aromatic rings. The van der Waals surface area contributed by atoms with Gasteiger partial charge in [-0.2, -0.15) is 65.9 Å². The third-order valence-electron chi connectivity index (χ3n) is 12.8. The van der Waals surface area contributed by atoms with Gasteiger partial charge in [0.1, 0.15) is 56.7 Å². The maximum absolute atomic E-state index is 12.1. The van der Waals surface area contributed by atoms with Crippen LogP contribution in [0.15, 0.2) is 125 Å². The van der Waals surface area contributed by atoms with Gasteiger partial charge >= 0.3 is 72.4 Å². The van der Waals surface area contributed by atoms with Crippen LogP contribution in [0.2, 0.25) is 0 Å². The fourth-order valence-electron chi connectivity index (χ4n) is 7.28. The minimum absolute atomic E-state index is 0.00562. The zero-order valence-electron chi connectivity index (χ0n) is 61.5. The Hall–Kier alpha value is -10.3. The SMILES string of the molecule is COc1ccc(C(=O)[C@@H](C)NC(=O)C(F)(F)F)cc1.COc1ccc(C[C@@H](C)N)cc1S(N)(=O)=O.COc1ccc(C[C@@H](C)NC(=O)C(F)(F)F)cc1.COc1ccc(C[C@@H](C)NC(=O)C(F)(F)F)cc1S(N)(=O)=O.COc1ccccc1.C[C@@H](N)C(=O)O.C[C@@H](NC(=O)C(F)(F)F)C(=O)Cl.C[C@@H](NC(=O)C(F)(F)F)C(=O)O. The molecule has 0 unspecified atom stereocenters. The van der Waals surface area contributed by atoms with Crippen LogP contribution < -0.4 is 72.0 Å². The van der Waals surface area contributed by atoms with Crippen molar-refractivity contribution in [3.63, 3.8) is 0 Å². The number of hydrogen-bond donors (Lipinski definition) is 11. The summed E-state index contributed by atoms with van der Waals surface area (Å²) in [5, 5.41) is 33.0. The van der Waals surface area contributed by atoms with E-state index in [1.165, 1.54) is 115 Å². The standard InChI is InChI=1S/C12H15F3N2O4S.C12H12F3NO3.C12H14F3NO2.C10H16N2O3S.C7H8O.C5H5ClF3NO2.C5H6F3NO3.C3H7NO2/c1-7(17-11(18)12(13,14)15)5-8-3-4-9(21-2)10(6-8)22(16,19)20;1-7(16-11(18)12(13,14)15)10(17)8-3-5-9(19-2)6-4-8;1-8(16-11(17)12(13,14)15)7-9-3-5-10(18-2)6-4-9;1-7(11)5-8-3-4-9(15-2)10(6-8)16(12,13)14;1-8-7-5-3-2-4-6-7;1-2(3(6)11)10-4(12)5(7,8)9;1-2(3(10)11)9-4(12)5(6,7)8;1-2(4)3(5)6/h3-4,6-7H,5H2,1-2H3,(H,17,18)(H2,16,19,20);3-7H,1-2H3,(H,16,18);3-6,8H,7H2,1-2H3,(H,16,17);3-4,6-7H,5,11H2,1-2H3,(H2,12,13,14);2-6H,1H3;2H,1H3,(H,10,12);2H,1H3,(H,9,12)(H,10,11);2H,4H2,1H3,(H,5,6)/t2*7-;8-;7-;;3*2-/m1111.111/s1. The number of primary sulfonamides is 2. The second-order valence-electron chi connectivity index (χ2n) is 22.7. The van der Waals surface area contributed by atoms with Gasteiger partial charge in [0.15, 0.2) is 5.78 Å². The van der Waals surface area contributed by atoms with Crippen molar-refractivity contribution in [1.29, 1.82) is 0 Å². The molecule has 0 fully saturated rings. The van der Waals surface area contributed by atoms with E-state index in [9.17, 15) is 126 Å². The van der Waals surface area contributed by atoms with Crippen molar-refractivity contribution in [2.75, 3.05) is 35.5 Å². The van der Waals surface area contributed by atoms with Crippen molar-refractivity contribution < 1.29 is 160 Å². The number of para-hydroxylation sites is 1. The van der Waals surface area contributed by atoms with Crippen molar-refractivity contribution in [3.8, 4) is 28.7 Å². The van der Waals surface area contributed by atoms with Crippen molar-refractivity contribution in [3.05, 3.63) is 138 Å². The summed E-state index contributed by atoms with van der Waals surface area (Å²) in [6, 6.07) is 25.0. The Kier molecular flexibility index (Phi) is 46.6. The predicted molar refractivity (Wildman–Crippen MR) is 375 cm³/mol. The first kappa shape index (κ1) is 107. The van der Waals surface area contributed by atoms with E-state index in [1.807, 2.05) is 42.6 Å². The molecule has 0 saturated carbocycles. The maximum atomic E-state index is 12.1. The van der Waals surface area contributed by atoms with E-state index in [0.29, 0.717) is 29.9 Å². The van der Waals surface area contributed by atoms with Gasteiger partial charge in [0.05, 0.1) is 41.6 Å². The number of nitrogens with two attached hydrogens (primary N) is 4. The average molecular weight is 1710 g/mol. The van der Waals surface area contributed by atoms with Gasteiger partial charge in [0.25, 0.3) is 0 Å². The summed E-state index contributed by atoms with van der Waals surface area (Å²) in [7, 11) is -0.516. The fraction of sp³-hybridized carbons (Fsp3) is 0.409. The highest BCUT2D eigenvalue weighted by molar-refractivity contribution is 7.89. The van der Waals surface area contributed by atoms with Gasteiger partial charge in [0, 0.05) is 23.7 Å². The normalized spacial score (nSPS) is 13.0. The van der Waals surface area contributed by atoms with E-state index in [0.717, 1.165) is 30.7 Å². The van der Waals surface area contributed by atoms with Gasteiger partial charge in [0.2, 0.25) is 25.3 Å². The van der Waals surface area contributed by atoms with E-state index in [2.05, 4.69) is 0 Å². The summed E-state index contributed by atoms with van der Waals surface area (Å²) >= 11 is 4.80. The molecule has 0 aromatic heterocycles. The Balaban J connectivity index is -0.00000125. The largest absolute Gasteiger partial charge is 0.497 e. The molecule has 0 bridgehead atoms. The molecular formula is C66H83ClF15N9O20S2. The molecule has 7 atom stereocenters. The van der Waals surface area contributed by atoms with Crippen LogP contribution >= 0.6 is 11.6 Å². The van der Waals surface area contributed by atoms with Crippen LogP contribution in [0.4, 0.5) is 65.9 Å². The molecule has 29 nitrogen and oxygen atoms in total. The second kappa shape index (κ2) is 49.3. The van der Waals surface area contributed by atoms with E-state index >= 15 is 0 Å². The van der Waals surface area contributed by atoms with E-state index in [1.54, 1.807) is 54.1 Å². The number of hydrogen-bond acceptors (Lipinski definition) is 20. The molecule has 0 radical (unpaired) electrons. The zero-order valence-corrected chi connectivity index (χ0v) is 63.9. The van der Waals surface area contributed by atoms with Gasteiger partial charge in [-0.05, 0) is 169 Å². The Bertz CT molecular complexity index is 4050. The molecule has 113 heavy (non-hydrogen) atoms. The molecular weight excluding hydrogens is 1620 g/mol. The number of aliphatic carboxylic acids is 2. The van der Waals surface area contributed by atoms with Crippen LogP contribution in [0.1, 0.15) is 75.5 Å². The molecule has 0 saturated heterocycles. The number of nitrogens with one attached hydrogen (secondary N) is 5. The second-order valence-corrected chi connectivity index (χ2v) is 26.1. The lowest BCUT2D eigenvalue weighted by molar-refractivity contribution is -0.175. The number of carbonyl (C=O) groups excluding carboxylic acids is 7. The zero-order chi connectivity index (χ0) is 88.7. The predicted octanol–water partition coefficient (Wildman–Crippen LogP) is 7.50. The van der Waals surface area contributed by atoms with Crippen LogP contribution in [0.3, 0.4) is 0 Å². The molecule has 0 heterocycles. The number of amides is 5. The number of rotatable bonds is 23. The van der Waals surface area contributed by atoms with Gasteiger partial charge in [-0.1, -0.05) is 42.5 Å². The Morgan fingerprint density at radius 3 is 0.956 bits per heavy atom. The molecule has 5 amide bonds. The van der Waals surface area contributed by atoms with Crippen LogP contribution in [-0.2, 0) is 77.7 Å². The molecule has 636 valence electrons. The highest BCUT2D eigenvalue weighted by atomic mass is 35.5. The topological polar surface area (TPSA) is 473 Å². The minimum Gasteiger partial charge on any atom is -0.497 e. The third-order valence-corrected chi connectivity index (χ3v) is 15.0. The van der Waals surface area contributed by atoms with E-state index < -0.39 is 140 Å². The van der Waals surface area contributed by atoms with Crippen LogP contribution in [0, 0.1) is 0 Å². The number of sulfonamides is 2. The van der Waals surface area contributed by atoms with Gasteiger partial charge in [-0.25, -0.2) is 27.1 Å². The van der Waals surface area contributed by atoms with Crippen molar-refractivity contribution in [2.24, 2.45) is 21.7 Å². The van der Waals surface area contributed by atoms with E-state index in [-0.39, 0.29) is 39.3 Å². The summed E-state index contributed by atoms with van der Waals surface area (Å²) < 4.78 is 248. The number of halogens is 16. The average Bonchev–Trinajstić information content (AvgIpc) is 0.825. The molecule has 5 aromatic carbocycles. The quantitative estimate of drug-likeness (QED) is 0.0171. The van der Waals surface area contributed by atoms with Crippen LogP contribution in [0.25, 0.3) is 0 Å². The van der Waals surface area contributed by atoms with E-state index in [4.69, 9.17) is 67.2 Å². The number of methoxy groups -OCH3 is 5. The molecule has 5 rings (SSSR count). The Labute approximate surface area is 642 Å². The number of ether oxygens (including phenoxy) is 5. The van der Waals surface area contributed by atoms with Crippen molar-refractivity contribution in [1.82, 2.24) is 26.6 Å². The molecule has 0 aliphatic carbocycles. The van der Waals surface area contributed by atoms with Crippen molar-refractivity contribution >= 4 is 84.1 Å². The maximum Gasteiger partial charge on any atom is 0.471 e. The van der Waals surface area contributed by atoms with Crippen molar-refractivity contribution in [2.45, 2.75) is 151 Å². The number of Topliss-reactive ketones (excluding diaryl/α,β-unsaturated/α-hetero) is 1. The number of carboxylic acid groups (broad SMARTS) is 2. The Morgan fingerprint density at radius 1 is 0.398 bits per heavy atom. The summed E-state index contributed by atoms with van der Waals surface area (Å²) in [5.41, 5.74) is 12.7.